The Kier molecular flexibility index (Phi) is 6.82. The molecule has 4 amide bonds. The molecule has 33 heavy (non-hydrogen) atoms. The van der Waals surface area contributed by atoms with E-state index >= 15 is 0 Å². The largest absolute Gasteiger partial charge is 0.378 e. The van der Waals surface area contributed by atoms with Gasteiger partial charge in [-0.2, -0.15) is 0 Å². The molecule has 2 saturated heterocycles. The van der Waals surface area contributed by atoms with Gasteiger partial charge in [-0.05, 0) is 58.7 Å². The molecule has 1 aromatic carbocycles. The fourth-order valence-corrected chi connectivity index (χ4v) is 5.11. The van der Waals surface area contributed by atoms with E-state index in [1.807, 2.05) is 0 Å². The van der Waals surface area contributed by atoms with E-state index < -0.39 is 5.54 Å². The molecule has 0 aliphatic carbocycles. The Morgan fingerprint density at radius 1 is 1.24 bits per heavy atom. The molecular formula is C22H23BrN4O5S. The van der Waals surface area contributed by atoms with Crippen LogP contribution in [-0.4, -0.2) is 66.9 Å². The van der Waals surface area contributed by atoms with Gasteiger partial charge < -0.3 is 25.6 Å². The molecule has 0 spiro atoms. The molecule has 1 atom stereocenters. The maximum Gasteiger partial charge on any atom is 0.262 e. The van der Waals surface area contributed by atoms with Crippen LogP contribution >= 0.6 is 27.3 Å². The van der Waals surface area contributed by atoms with Gasteiger partial charge in [0.1, 0.15) is 5.54 Å². The van der Waals surface area contributed by atoms with Crippen LogP contribution in [0.1, 0.15) is 32.0 Å². The predicted molar refractivity (Wildman–Crippen MR) is 126 cm³/mol. The van der Waals surface area contributed by atoms with E-state index in [1.54, 1.807) is 37.3 Å². The summed E-state index contributed by atoms with van der Waals surface area (Å²) in [6.45, 7) is 3.11. The van der Waals surface area contributed by atoms with E-state index in [0.29, 0.717) is 47.8 Å². The highest BCUT2D eigenvalue weighted by Gasteiger charge is 2.44. The number of nitrogens with zero attached hydrogens (tertiary/aromatic N) is 1. The molecule has 2 aromatic rings. The van der Waals surface area contributed by atoms with Crippen LogP contribution in [0.3, 0.4) is 0 Å². The number of halogens is 1. The lowest BCUT2D eigenvalue weighted by Gasteiger charge is -2.28. The van der Waals surface area contributed by atoms with Crippen LogP contribution in [0.5, 0.6) is 0 Å². The second-order valence-corrected chi connectivity index (χ2v) is 10.5. The number of ether oxygens (including phenoxy) is 1. The Labute approximate surface area is 203 Å². The van der Waals surface area contributed by atoms with Crippen LogP contribution in [-0.2, 0) is 14.3 Å². The Hall–Kier alpha value is -2.76. The predicted octanol–water partition coefficient (Wildman–Crippen LogP) is 1.92. The van der Waals surface area contributed by atoms with E-state index in [4.69, 9.17) is 4.74 Å². The monoisotopic (exact) mass is 534 g/mol. The topological polar surface area (TPSA) is 117 Å². The number of benzene rings is 1. The Morgan fingerprint density at radius 2 is 2.06 bits per heavy atom. The number of aryl methyl sites for hydroxylation is 1. The molecule has 3 heterocycles. The lowest BCUT2D eigenvalue weighted by atomic mass is 9.96. The summed E-state index contributed by atoms with van der Waals surface area (Å²) >= 11 is 4.62. The summed E-state index contributed by atoms with van der Waals surface area (Å²) in [6.07, 6.45) is 0.351. The van der Waals surface area contributed by atoms with Crippen molar-refractivity contribution in [1.29, 1.82) is 0 Å². The first-order valence-corrected chi connectivity index (χ1v) is 12.0. The lowest BCUT2D eigenvalue weighted by molar-refractivity contribution is -0.123. The first kappa shape index (κ1) is 23.4. The van der Waals surface area contributed by atoms with E-state index in [9.17, 15) is 19.2 Å². The summed E-state index contributed by atoms with van der Waals surface area (Å²) in [5.41, 5.74) is 0.466. The van der Waals surface area contributed by atoms with Gasteiger partial charge in [-0.3, -0.25) is 19.2 Å². The second-order valence-electron chi connectivity index (χ2n) is 8.00. The van der Waals surface area contributed by atoms with Gasteiger partial charge >= 0.3 is 0 Å². The van der Waals surface area contributed by atoms with E-state index in [0.717, 1.165) is 3.79 Å². The van der Waals surface area contributed by atoms with Crippen LogP contribution in [0.15, 0.2) is 34.1 Å². The average Bonchev–Trinajstić information content (AvgIpc) is 3.43. The molecule has 2 fully saturated rings. The zero-order valence-electron chi connectivity index (χ0n) is 17.9. The number of nitrogens with one attached hydrogen (secondary N) is 3. The quantitative estimate of drug-likeness (QED) is 0.541. The molecule has 4 rings (SSSR count). The van der Waals surface area contributed by atoms with Crippen molar-refractivity contribution in [3.63, 3.8) is 0 Å². The number of hydrogen-bond acceptors (Lipinski definition) is 6. The molecule has 0 bridgehead atoms. The molecule has 0 radical (unpaired) electrons. The summed E-state index contributed by atoms with van der Waals surface area (Å²) in [5.74, 6) is -1.13. The molecular weight excluding hydrogens is 512 g/mol. The van der Waals surface area contributed by atoms with Gasteiger partial charge in [0.25, 0.3) is 17.7 Å². The van der Waals surface area contributed by atoms with Crippen molar-refractivity contribution in [1.82, 2.24) is 15.5 Å². The van der Waals surface area contributed by atoms with Crippen LogP contribution in [0.2, 0.25) is 0 Å². The number of amides is 4. The molecule has 11 heteroatoms. The Bertz CT molecular complexity index is 1110. The van der Waals surface area contributed by atoms with E-state index in [1.165, 1.54) is 16.2 Å². The van der Waals surface area contributed by atoms with E-state index in [-0.39, 0.29) is 36.8 Å². The molecule has 1 unspecified atom stereocenters. The number of carbonyl (C=O) groups is 4. The minimum Gasteiger partial charge on any atom is -0.378 e. The summed E-state index contributed by atoms with van der Waals surface area (Å²) in [4.78, 5) is 52.3. The average molecular weight is 535 g/mol. The first-order valence-electron chi connectivity index (χ1n) is 10.4. The van der Waals surface area contributed by atoms with Gasteiger partial charge in [0, 0.05) is 37.4 Å². The maximum absolute atomic E-state index is 13.2. The van der Waals surface area contributed by atoms with Crippen molar-refractivity contribution in [3.8, 4) is 0 Å². The third-order valence-corrected chi connectivity index (χ3v) is 7.27. The summed E-state index contributed by atoms with van der Waals surface area (Å²) in [6, 6.07) is 8.45. The van der Waals surface area contributed by atoms with Crippen molar-refractivity contribution < 1.29 is 23.9 Å². The number of piperazine rings is 1. The van der Waals surface area contributed by atoms with Crippen molar-refractivity contribution in [3.05, 3.63) is 50.1 Å². The third-order valence-electron chi connectivity index (χ3n) is 5.65. The van der Waals surface area contributed by atoms with Gasteiger partial charge in [-0.1, -0.05) is 0 Å². The van der Waals surface area contributed by atoms with Crippen molar-refractivity contribution in [2.75, 3.05) is 38.2 Å². The van der Waals surface area contributed by atoms with Crippen LogP contribution < -0.4 is 16.0 Å². The van der Waals surface area contributed by atoms with E-state index in [2.05, 4.69) is 31.9 Å². The SMILES string of the molecule is Cc1cc(NC(=O)C2(NC(=O)c3ccc(Br)s3)CCOC2)ccc1C(=O)N1CCNC(=O)C1. The van der Waals surface area contributed by atoms with Crippen LogP contribution in [0, 0.1) is 6.92 Å². The summed E-state index contributed by atoms with van der Waals surface area (Å²) < 4.78 is 6.27. The number of thiophene rings is 1. The second kappa shape index (κ2) is 9.62. The van der Waals surface area contributed by atoms with Crippen LogP contribution in [0.25, 0.3) is 0 Å². The highest BCUT2D eigenvalue weighted by Crippen LogP contribution is 2.26. The van der Waals surface area contributed by atoms with Gasteiger partial charge in [0.2, 0.25) is 5.91 Å². The van der Waals surface area contributed by atoms with Gasteiger partial charge in [0.15, 0.2) is 0 Å². The van der Waals surface area contributed by atoms with Gasteiger partial charge in [0.05, 0.1) is 21.8 Å². The molecule has 9 nitrogen and oxygen atoms in total. The summed E-state index contributed by atoms with van der Waals surface area (Å²) in [7, 11) is 0. The number of hydrogen-bond donors (Lipinski definition) is 3. The molecule has 3 N–H and O–H groups in total. The smallest absolute Gasteiger partial charge is 0.262 e. The molecule has 174 valence electrons. The van der Waals surface area contributed by atoms with Gasteiger partial charge in [-0.25, -0.2) is 0 Å². The Morgan fingerprint density at radius 3 is 2.70 bits per heavy atom. The molecule has 0 saturated carbocycles. The fraction of sp³-hybridized carbons (Fsp3) is 0.364. The van der Waals surface area contributed by atoms with Crippen molar-refractivity contribution >= 4 is 56.6 Å². The first-order chi connectivity index (χ1) is 15.8. The fourth-order valence-electron chi connectivity index (χ4n) is 3.83. The molecule has 2 aliphatic rings. The zero-order chi connectivity index (χ0) is 23.6. The summed E-state index contributed by atoms with van der Waals surface area (Å²) in [5, 5.41) is 8.40. The number of carbonyl (C=O) groups excluding carboxylic acids is 4. The lowest BCUT2D eigenvalue weighted by Crippen LogP contribution is -2.57. The number of rotatable bonds is 5. The normalized spacial score (nSPS) is 20.3. The highest BCUT2D eigenvalue weighted by atomic mass is 79.9. The number of anilines is 1. The standard InChI is InChI=1S/C22H23BrN4O5S/c1-13-10-14(2-3-15(13)20(30)27-8-7-24-18(28)11-27)25-21(31)22(6-9-32-12-22)26-19(29)16-4-5-17(23)33-16/h2-5,10H,6-9,11-12H2,1H3,(H,24,28)(H,25,31)(H,26,29). The van der Waals surface area contributed by atoms with Crippen LogP contribution in [0.4, 0.5) is 5.69 Å². The third kappa shape index (κ3) is 5.10. The molecule has 2 aliphatic heterocycles. The van der Waals surface area contributed by atoms with Crippen molar-refractivity contribution in [2.24, 2.45) is 0 Å². The van der Waals surface area contributed by atoms with Gasteiger partial charge in [-0.15, -0.1) is 11.3 Å². The molecule has 1 aromatic heterocycles. The Balaban J connectivity index is 1.47. The minimum atomic E-state index is -1.18. The zero-order valence-corrected chi connectivity index (χ0v) is 20.3. The highest BCUT2D eigenvalue weighted by molar-refractivity contribution is 9.11. The van der Waals surface area contributed by atoms with Crippen molar-refractivity contribution in [2.45, 2.75) is 18.9 Å². The maximum atomic E-state index is 13.2. The minimum absolute atomic E-state index is 0.0276.